The smallest absolute Gasteiger partial charge is 0.236 e. The summed E-state index contributed by atoms with van der Waals surface area (Å²) in [5, 5.41) is 4.40. The normalized spacial score (nSPS) is 20.7. The van der Waals surface area contributed by atoms with Crippen molar-refractivity contribution in [2.45, 2.75) is 64.0 Å². The summed E-state index contributed by atoms with van der Waals surface area (Å²) in [6.07, 6.45) is 5.98. The quantitative estimate of drug-likeness (QED) is 0.134. The lowest BCUT2D eigenvalue weighted by Crippen LogP contribution is -2.47. The first-order valence-corrected chi connectivity index (χ1v) is 21.6. The van der Waals surface area contributed by atoms with Crippen molar-refractivity contribution in [1.82, 2.24) is 14.9 Å². The molecule has 1 saturated heterocycles. The zero-order valence-electron chi connectivity index (χ0n) is 31.7. The van der Waals surface area contributed by atoms with E-state index in [4.69, 9.17) is 42.1 Å². The van der Waals surface area contributed by atoms with Crippen molar-refractivity contribution in [2.75, 3.05) is 52.9 Å². The molecule has 3 aromatic carbocycles. The molecule has 4 atom stereocenters. The number of ether oxygens (including phenoxy) is 4. The number of hydrogen-bond acceptors (Lipinski definition) is 9. The van der Waals surface area contributed by atoms with E-state index in [-0.39, 0.29) is 42.2 Å². The molecule has 1 aliphatic heterocycles. The number of nitrogens with one attached hydrogen (secondary N) is 2. The number of halogens is 2. The van der Waals surface area contributed by atoms with Crippen LogP contribution in [0.3, 0.4) is 0 Å². The third-order valence-corrected chi connectivity index (χ3v) is 11.5. The maximum absolute atomic E-state index is 14.5. The van der Waals surface area contributed by atoms with Crippen molar-refractivity contribution < 1.29 is 37.0 Å². The maximum atomic E-state index is 14.5. The van der Waals surface area contributed by atoms with Crippen LogP contribution in [0.2, 0.25) is 10.0 Å². The van der Waals surface area contributed by atoms with Crippen molar-refractivity contribution in [3.05, 3.63) is 86.9 Å². The van der Waals surface area contributed by atoms with E-state index in [1.807, 2.05) is 43.3 Å². The van der Waals surface area contributed by atoms with Crippen LogP contribution in [0.5, 0.6) is 17.2 Å². The van der Waals surface area contributed by atoms with E-state index in [2.05, 4.69) is 33.1 Å². The molecule has 1 heterocycles. The number of carbonyl (C=O) groups excluding carboxylic acids is 2. The first kappa shape index (κ1) is 41.1. The van der Waals surface area contributed by atoms with E-state index in [0.717, 1.165) is 67.2 Å². The van der Waals surface area contributed by atoms with E-state index in [0.29, 0.717) is 66.6 Å². The molecule has 0 unspecified atom stereocenters. The summed E-state index contributed by atoms with van der Waals surface area (Å²) in [7, 11) is -1.92. The van der Waals surface area contributed by atoms with Crippen LogP contribution < -0.4 is 24.2 Å². The number of piperidine rings is 1. The first-order valence-electron chi connectivity index (χ1n) is 19.0. The monoisotopic (exact) mass is 815 g/mol. The zero-order chi connectivity index (χ0) is 39.1. The van der Waals surface area contributed by atoms with Gasteiger partial charge in [-0.05, 0) is 117 Å². The molecule has 6 rings (SSSR count). The van der Waals surface area contributed by atoms with Gasteiger partial charge in [-0.3, -0.25) is 14.3 Å². The fourth-order valence-corrected chi connectivity index (χ4v) is 8.54. The van der Waals surface area contributed by atoms with Crippen molar-refractivity contribution in [2.24, 2.45) is 17.8 Å². The second-order valence-corrected chi connectivity index (χ2v) is 17.5. The molecule has 2 N–H and O–H groups in total. The molecular formula is C41H51Cl2N3O8S. The third kappa shape index (κ3) is 11.7. The minimum atomic E-state index is -3.61. The Morgan fingerprint density at radius 3 is 2.29 bits per heavy atom. The molecule has 2 saturated carbocycles. The molecule has 3 aromatic rings. The summed E-state index contributed by atoms with van der Waals surface area (Å²) in [6.45, 7) is 5.35. The SMILES string of the molecule is COCCCc1cc(CN(C(=O)[C@H]2CNCC[C@@H]2c2ccc(OCCOc3c(Cl)cc(C)cc3Cl)cc2)C2CC2)cc(OC[C@@H]2C[C@H]2C(=O)NS(C)(=O)=O)c1. The van der Waals surface area contributed by atoms with Gasteiger partial charge in [-0.25, -0.2) is 8.42 Å². The average molecular weight is 817 g/mol. The molecule has 14 heteroatoms. The molecule has 11 nitrogen and oxygen atoms in total. The lowest BCUT2D eigenvalue weighted by Gasteiger charge is -2.36. The van der Waals surface area contributed by atoms with Crippen molar-refractivity contribution in [1.29, 1.82) is 0 Å². The molecule has 3 fully saturated rings. The molecule has 2 aliphatic carbocycles. The lowest BCUT2D eigenvalue weighted by atomic mass is 9.80. The predicted molar refractivity (Wildman–Crippen MR) is 213 cm³/mol. The van der Waals surface area contributed by atoms with Crippen LogP contribution in [0.25, 0.3) is 0 Å². The molecule has 0 bridgehead atoms. The van der Waals surface area contributed by atoms with Gasteiger partial charge in [0.15, 0.2) is 5.75 Å². The number of rotatable bonds is 19. The lowest BCUT2D eigenvalue weighted by molar-refractivity contribution is -0.138. The van der Waals surface area contributed by atoms with Gasteiger partial charge in [-0.2, -0.15) is 0 Å². The van der Waals surface area contributed by atoms with Crippen molar-refractivity contribution in [3.8, 4) is 17.2 Å². The van der Waals surface area contributed by atoms with Crippen LogP contribution in [0.15, 0.2) is 54.6 Å². The number of nitrogens with zero attached hydrogens (tertiary/aromatic N) is 1. The number of benzene rings is 3. The Morgan fingerprint density at radius 2 is 1.60 bits per heavy atom. The van der Waals surface area contributed by atoms with Gasteiger partial charge >= 0.3 is 0 Å². The number of sulfonamides is 1. The third-order valence-electron chi connectivity index (χ3n) is 10.3. The second-order valence-electron chi connectivity index (χ2n) is 15.0. The molecule has 3 aliphatic rings. The Bertz CT molecular complexity index is 1900. The first-order chi connectivity index (χ1) is 26.4. The number of carbonyl (C=O) groups is 2. The molecule has 0 aromatic heterocycles. The van der Waals surface area contributed by atoms with Gasteiger partial charge in [0.25, 0.3) is 0 Å². The summed E-state index contributed by atoms with van der Waals surface area (Å²) < 4.78 is 48.4. The van der Waals surface area contributed by atoms with E-state index in [1.165, 1.54) is 0 Å². The Labute approximate surface area is 334 Å². The van der Waals surface area contributed by atoms with E-state index in [1.54, 1.807) is 7.11 Å². The molecule has 55 heavy (non-hydrogen) atoms. The number of methoxy groups -OCH3 is 1. The highest BCUT2D eigenvalue weighted by molar-refractivity contribution is 7.89. The molecule has 0 radical (unpaired) electrons. The number of hydrogen-bond donors (Lipinski definition) is 2. The summed E-state index contributed by atoms with van der Waals surface area (Å²) in [4.78, 5) is 28.9. The fourth-order valence-electron chi connectivity index (χ4n) is 7.32. The van der Waals surface area contributed by atoms with Gasteiger partial charge in [0.2, 0.25) is 21.8 Å². The topological polar surface area (TPSA) is 132 Å². The van der Waals surface area contributed by atoms with Gasteiger partial charge in [-0.1, -0.05) is 41.4 Å². The molecule has 0 spiro atoms. The van der Waals surface area contributed by atoms with Crippen LogP contribution >= 0.6 is 23.2 Å². The van der Waals surface area contributed by atoms with Crippen molar-refractivity contribution >= 4 is 45.0 Å². The molecule has 298 valence electrons. The van der Waals surface area contributed by atoms with Crippen molar-refractivity contribution in [3.63, 3.8) is 0 Å². The Hall–Kier alpha value is -3.55. The number of amides is 2. The van der Waals surface area contributed by atoms with Gasteiger partial charge < -0.3 is 29.2 Å². The van der Waals surface area contributed by atoms with Crippen LogP contribution in [-0.4, -0.2) is 84.1 Å². The van der Waals surface area contributed by atoms with Gasteiger partial charge in [-0.15, -0.1) is 0 Å². The minimum Gasteiger partial charge on any atom is -0.493 e. The summed E-state index contributed by atoms with van der Waals surface area (Å²) >= 11 is 12.6. The zero-order valence-corrected chi connectivity index (χ0v) is 34.0. The second kappa shape index (κ2) is 18.6. The van der Waals surface area contributed by atoms with Gasteiger partial charge in [0.1, 0.15) is 24.7 Å². The van der Waals surface area contributed by atoms with Crippen LogP contribution in [0, 0.1) is 24.7 Å². The van der Waals surface area contributed by atoms with E-state index < -0.39 is 15.9 Å². The van der Waals surface area contributed by atoms with Crippen LogP contribution in [0.1, 0.15) is 60.3 Å². The standard InChI is InChI=1S/C41H51Cl2N3O8S/c1-26-17-37(42)39(38(43)18-26)53-16-15-52-32-10-6-29(7-11-32)34-12-13-44-23-36(34)41(48)46(31-8-9-31)24-28-19-27(5-4-14-51-2)20-33(21-28)54-25-30-22-35(30)40(47)45-55(3,49)50/h6-7,10-11,17-21,30-31,34-36,44H,4-5,8-9,12-16,22-25H2,1-3H3,(H,45,47)/t30-,34+,35+,36-/m0/s1. The predicted octanol–water partition coefficient (Wildman–Crippen LogP) is 6.31. The Kier molecular flexibility index (Phi) is 13.9. The van der Waals surface area contributed by atoms with Gasteiger partial charge in [0, 0.05) is 44.7 Å². The maximum Gasteiger partial charge on any atom is 0.236 e. The van der Waals surface area contributed by atoms with E-state index in [9.17, 15) is 18.0 Å². The molecular weight excluding hydrogens is 765 g/mol. The Morgan fingerprint density at radius 1 is 0.891 bits per heavy atom. The minimum absolute atomic E-state index is 0.0550. The largest absolute Gasteiger partial charge is 0.493 e. The average Bonchev–Trinajstić information content (AvgIpc) is 4.08. The van der Waals surface area contributed by atoms with Gasteiger partial charge in [0.05, 0.1) is 28.8 Å². The highest BCUT2D eigenvalue weighted by atomic mass is 35.5. The molecule has 2 amide bonds. The summed E-state index contributed by atoms with van der Waals surface area (Å²) in [6, 6.07) is 18.0. The van der Waals surface area contributed by atoms with Crippen LogP contribution in [-0.2, 0) is 37.3 Å². The Balaban J connectivity index is 1.09. The number of aryl methyl sites for hydroxylation is 2. The van der Waals surface area contributed by atoms with Crippen LogP contribution in [0.4, 0.5) is 0 Å². The summed E-state index contributed by atoms with van der Waals surface area (Å²) in [5.41, 5.74) is 4.14. The van der Waals surface area contributed by atoms with E-state index >= 15 is 0 Å². The highest BCUT2D eigenvalue weighted by Crippen LogP contribution is 2.40. The fraction of sp³-hybridized carbons (Fsp3) is 0.512. The summed E-state index contributed by atoms with van der Waals surface area (Å²) in [5.74, 6) is 0.900. The highest BCUT2D eigenvalue weighted by Gasteiger charge is 2.44.